The van der Waals surface area contributed by atoms with Crippen LogP contribution in [-0.2, 0) is 0 Å². The van der Waals surface area contributed by atoms with Crippen molar-refractivity contribution < 1.29 is 0 Å². The van der Waals surface area contributed by atoms with Gasteiger partial charge >= 0.3 is 0 Å². The van der Waals surface area contributed by atoms with Gasteiger partial charge in [-0.1, -0.05) is 38.3 Å². The molecule has 0 amide bonds. The monoisotopic (exact) mass is 166 g/mol. The first-order valence-corrected chi connectivity index (χ1v) is 5.46. The normalized spacial score (nSPS) is 30.1. The number of rotatable bonds is 4. The predicted molar refractivity (Wildman–Crippen MR) is 55.2 cm³/mol. The summed E-state index contributed by atoms with van der Waals surface area (Å²) in [7, 11) is 0. The van der Waals surface area contributed by atoms with E-state index in [0.29, 0.717) is 0 Å². The van der Waals surface area contributed by atoms with Crippen molar-refractivity contribution in [1.82, 2.24) is 0 Å². The van der Waals surface area contributed by atoms with E-state index in [9.17, 15) is 0 Å². The Hall–Kier alpha value is -0.260. The van der Waals surface area contributed by atoms with Crippen LogP contribution in [0, 0.1) is 11.8 Å². The predicted octanol–water partition coefficient (Wildman–Crippen LogP) is 4.17. The van der Waals surface area contributed by atoms with Crippen molar-refractivity contribution in [3.05, 3.63) is 11.6 Å². The fraction of sp³-hybridized carbons (Fsp3) is 0.833. The Morgan fingerprint density at radius 2 is 2.08 bits per heavy atom. The topological polar surface area (TPSA) is 0 Å². The molecule has 1 saturated carbocycles. The summed E-state index contributed by atoms with van der Waals surface area (Å²) in [5, 5.41) is 0. The molecule has 2 atom stereocenters. The van der Waals surface area contributed by atoms with Crippen molar-refractivity contribution in [1.29, 1.82) is 0 Å². The molecule has 70 valence electrons. The van der Waals surface area contributed by atoms with E-state index >= 15 is 0 Å². The van der Waals surface area contributed by atoms with Gasteiger partial charge in [-0.05, 0) is 38.0 Å². The fourth-order valence-corrected chi connectivity index (χ4v) is 2.18. The Morgan fingerprint density at radius 1 is 1.33 bits per heavy atom. The molecule has 0 aromatic carbocycles. The van der Waals surface area contributed by atoms with Crippen molar-refractivity contribution >= 4 is 0 Å². The van der Waals surface area contributed by atoms with E-state index in [1.54, 1.807) is 5.57 Å². The van der Waals surface area contributed by atoms with Crippen LogP contribution < -0.4 is 0 Å². The molecule has 0 bridgehead atoms. The second-order valence-corrected chi connectivity index (χ2v) is 4.09. The van der Waals surface area contributed by atoms with Gasteiger partial charge in [0.15, 0.2) is 0 Å². The third kappa shape index (κ3) is 2.12. The lowest BCUT2D eigenvalue weighted by atomic mass is 9.69. The lowest BCUT2D eigenvalue weighted by Crippen LogP contribution is -2.25. The maximum atomic E-state index is 2.45. The van der Waals surface area contributed by atoms with Crippen molar-refractivity contribution in [3.8, 4) is 0 Å². The van der Waals surface area contributed by atoms with E-state index in [1.165, 1.54) is 32.1 Å². The van der Waals surface area contributed by atoms with Crippen LogP contribution in [-0.4, -0.2) is 0 Å². The molecule has 1 rings (SSSR count). The molecule has 1 fully saturated rings. The van der Waals surface area contributed by atoms with E-state index in [0.717, 1.165) is 11.8 Å². The molecule has 0 heterocycles. The fourth-order valence-electron chi connectivity index (χ4n) is 2.18. The van der Waals surface area contributed by atoms with Gasteiger partial charge in [0.05, 0.1) is 0 Å². The molecule has 0 spiro atoms. The zero-order valence-electron chi connectivity index (χ0n) is 8.77. The van der Waals surface area contributed by atoms with Gasteiger partial charge < -0.3 is 0 Å². The molecular formula is C12H22. The van der Waals surface area contributed by atoms with Gasteiger partial charge in [0.2, 0.25) is 0 Å². The quantitative estimate of drug-likeness (QED) is 0.550. The molecule has 0 N–H and O–H groups in total. The Balaban J connectivity index is 2.36. The average Bonchev–Trinajstić information content (AvgIpc) is 2.00. The molecule has 12 heavy (non-hydrogen) atoms. The minimum Gasteiger partial charge on any atom is -0.0853 e. The lowest BCUT2D eigenvalue weighted by Gasteiger charge is -2.37. The Labute approximate surface area is 77.1 Å². The standard InChI is InChI=1S/C12H22/c1-4-6-7-10(3)12-9-8-11(12)5-2/h7,11-12H,4-6,8-9H2,1-3H3. The highest BCUT2D eigenvalue weighted by Crippen LogP contribution is 2.41. The van der Waals surface area contributed by atoms with E-state index < -0.39 is 0 Å². The molecule has 0 aromatic heterocycles. The highest BCUT2D eigenvalue weighted by atomic mass is 14.3. The lowest BCUT2D eigenvalue weighted by molar-refractivity contribution is 0.207. The zero-order valence-corrected chi connectivity index (χ0v) is 8.77. The molecule has 0 heteroatoms. The number of hydrogen-bond donors (Lipinski definition) is 0. The first-order chi connectivity index (χ1) is 5.79. The second kappa shape index (κ2) is 4.69. The van der Waals surface area contributed by atoms with Crippen LogP contribution in [0.15, 0.2) is 11.6 Å². The Kier molecular flexibility index (Phi) is 3.84. The Morgan fingerprint density at radius 3 is 2.50 bits per heavy atom. The van der Waals surface area contributed by atoms with Crippen molar-refractivity contribution in [2.75, 3.05) is 0 Å². The average molecular weight is 166 g/mol. The summed E-state index contributed by atoms with van der Waals surface area (Å²) in [5.74, 6) is 1.96. The summed E-state index contributed by atoms with van der Waals surface area (Å²) in [5.41, 5.74) is 1.66. The van der Waals surface area contributed by atoms with Crippen LogP contribution >= 0.6 is 0 Å². The molecule has 0 aromatic rings. The third-order valence-corrected chi connectivity index (χ3v) is 3.28. The largest absolute Gasteiger partial charge is 0.0853 e. The number of allylic oxidation sites excluding steroid dienone is 2. The first kappa shape index (κ1) is 9.83. The van der Waals surface area contributed by atoms with Crippen LogP contribution in [0.25, 0.3) is 0 Å². The summed E-state index contributed by atoms with van der Waals surface area (Å²) in [6.07, 6.45) is 9.32. The van der Waals surface area contributed by atoms with Gasteiger partial charge in [-0.15, -0.1) is 0 Å². The minimum absolute atomic E-state index is 0.946. The van der Waals surface area contributed by atoms with E-state index in [1.807, 2.05) is 0 Å². The molecule has 0 saturated heterocycles. The smallest absolute Gasteiger partial charge is 0.0178 e. The highest BCUT2D eigenvalue weighted by molar-refractivity contribution is 5.08. The number of unbranched alkanes of at least 4 members (excludes halogenated alkanes) is 1. The van der Waals surface area contributed by atoms with Gasteiger partial charge in [-0.3, -0.25) is 0 Å². The molecule has 1 aliphatic carbocycles. The summed E-state index contributed by atoms with van der Waals surface area (Å²) in [6, 6.07) is 0. The molecule has 0 nitrogen and oxygen atoms in total. The molecule has 1 aliphatic rings. The van der Waals surface area contributed by atoms with Gasteiger partial charge in [-0.25, -0.2) is 0 Å². The summed E-state index contributed by atoms with van der Waals surface area (Å²) < 4.78 is 0. The molecule has 0 radical (unpaired) electrons. The molecule has 2 unspecified atom stereocenters. The molecular weight excluding hydrogens is 144 g/mol. The summed E-state index contributed by atoms with van der Waals surface area (Å²) >= 11 is 0. The van der Waals surface area contributed by atoms with E-state index in [2.05, 4.69) is 26.8 Å². The third-order valence-electron chi connectivity index (χ3n) is 3.28. The zero-order chi connectivity index (χ0) is 8.97. The number of hydrogen-bond acceptors (Lipinski definition) is 0. The first-order valence-electron chi connectivity index (χ1n) is 5.46. The van der Waals surface area contributed by atoms with Gasteiger partial charge in [-0.2, -0.15) is 0 Å². The van der Waals surface area contributed by atoms with Crippen LogP contribution in [0.3, 0.4) is 0 Å². The van der Waals surface area contributed by atoms with Crippen molar-refractivity contribution in [2.24, 2.45) is 11.8 Å². The van der Waals surface area contributed by atoms with Crippen LogP contribution in [0.1, 0.15) is 52.9 Å². The van der Waals surface area contributed by atoms with Crippen LogP contribution in [0.4, 0.5) is 0 Å². The SMILES string of the molecule is CCCC=C(C)C1CCC1CC. The Bertz CT molecular complexity index is 153. The minimum atomic E-state index is 0.946. The van der Waals surface area contributed by atoms with Gasteiger partial charge in [0.1, 0.15) is 0 Å². The van der Waals surface area contributed by atoms with Crippen LogP contribution in [0.5, 0.6) is 0 Å². The van der Waals surface area contributed by atoms with Gasteiger partial charge in [0, 0.05) is 0 Å². The summed E-state index contributed by atoms with van der Waals surface area (Å²) in [4.78, 5) is 0. The summed E-state index contributed by atoms with van der Waals surface area (Å²) in [6.45, 7) is 6.90. The maximum Gasteiger partial charge on any atom is -0.0178 e. The highest BCUT2D eigenvalue weighted by Gasteiger charge is 2.29. The second-order valence-electron chi connectivity index (χ2n) is 4.09. The molecule has 0 aliphatic heterocycles. The van der Waals surface area contributed by atoms with Crippen molar-refractivity contribution in [2.45, 2.75) is 52.9 Å². The van der Waals surface area contributed by atoms with Crippen LogP contribution in [0.2, 0.25) is 0 Å². The van der Waals surface area contributed by atoms with Crippen molar-refractivity contribution in [3.63, 3.8) is 0 Å². The van der Waals surface area contributed by atoms with E-state index in [-0.39, 0.29) is 0 Å². The van der Waals surface area contributed by atoms with Gasteiger partial charge in [0.25, 0.3) is 0 Å². The maximum absolute atomic E-state index is 2.45. The van der Waals surface area contributed by atoms with E-state index in [4.69, 9.17) is 0 Å².